The van der Waals surface area contributed by atoms with Gasteiger partial charge in [0.1, 0.15) is 0 Å². The second-order valence-electron chi connectivity index (χ2n) is 15.4. The van der Waals surface area contributed by atoms with Gasteiger partial charge in [-0.3, -0.25) is 0 Å². The van der Waals surface area contributed by atoms with Gasteiger partial charge in [0.15, 0.2) is 7.38 Å². The van der Waals surface area contributed by atoms with Gasteiger partial charge < -0.3 is 8.91 Å². The van der Waals surface area contributed by atoms with Crippen molar-refractivity contribution < 1.29 is 8.91 Å². The Morgan fingerprint density at radius 2 is 0.508 bits per heavy atom. The number of benzene rings is 8. The fourth-order valence-electron chi connectivity index (χ4n) is 7.35. The van der Waals surface area contributed by atoms with E-state index in [4.69, 9.17) is 15.2 Å². The molecule has 0 unspecified atom stereocenters. The average molecular weight is 858 g/mol. The molecular weight excluding hydrogens is 804 g/mol. The molecule has 8 rings (SSSR count). The Kier molecular flexibility index (Phi) is 14.9. The van der Waals surface area contributed by atoms with E-state index in [1.54, 1.807) is 0 Å². The van der Waals surface area contributed by atoms with Gasteiger partial charge in [-0.05, 0) is 54.6 Å². The second-order valence-corrected chi connectivity index (χ2v) is 32.4. The Bertz CT molecular complexity index is 2210. The van der Waals surface area contributed by atoms with E-state index in [1.807, 2.05) is 109 Å². The van der Waals surface area contributed by atoms with E-state index in [-0.39, 0.29) is 0 Å². The van der Waals surface area contributed by atoms with E-state index in [1.165, 1.54) is 25.9 Å². The first-order chi connectivity index (χ1) is 28.5. The summed E-state index contributed by atoms with van der Waals surface area (Å²) in [6.07, 6.45) is 0. The van der Waals surface area contributed by atoms with E-state index in [9.17, 15) is 4.80 Å². The van der Waals surface area contributed by atoms with Crippen molar-refractivity contribution in [2.75, 3.05) is 0 Å². The van der Waals surface area contributed by atoms with Crippen LogP contribution in [0.2, 0.25) is 26.2 Å². The quantitative estimate of drug-likeness (QED) is 0.0867. The summed E-state index contributed by atoms with van der Waals surface area (Å²) < 4.78 is 7.45. The molecule has 0 aromatic heterocycles. The first kappa shape index (κ1) is 43.4. The zero-order valence-corrected chi connectivity index (χ0v) is 39.1. The van der Waals surface area contributed by atoms with Crippen molar-refractivity contribution >= 4 is 84.9 Å². The Balaban J connectivity index is 0.000000168. The van der Waals surface area contributed by atoms with Crippen LogP contribution in [0.5, 0.6) is 0 Å². The van der Waals surface area contributed by atoms with Crippen molar-refractivity contribution in [3.63, 3.8) is 0 Å². The summed E-state index contributed by atoms with van der Waals surface area (Å²) in [6, 6.07) is 83.4. The molecule has 0 spiro atoms. The molecule has 0 amide bonds. The van der Waals surface area contributed by atoms with Crippen molar-refractivity contribution in [1.29, 1.82) is 0 Å². The van der Waals surface area contributed by atoms with Gasteiger partial charge in [0.25, 0.3) is 16.6 Å². The molecule has 0 fully saturated rings. The smallest absolute Gasteiger partial charge is 0.285 e. The molecule has 0 bridgehead atoms. The Morgan fingerprint density at radius 1 is 0.305 bits per heavy atom. The van der Waals surface area contributed by atoms with Crippen LogP contribution in [0.1, 0.15) is 0 Å². The van der Waals surface area contributed by atoms with Gasteiger partial charge in [0.05, 0.1) is 0 Å². The lowest BCUT2D eigenvalue weighted by Crippen LogP contribution is -2.73. The molecule has 296 valence electrons. The zero-order chi connectivity index (χ0) is 41.6. The fraction of sp³-hybridized carbons (Fsp3) is 0.0769. The van der Waals surface area contributed by atoms with Crippen molar-refractivity contribution in [2.24, 2.45) is 0 Å². The van der Waals surface area contributed by atoms with E-state index in [0.29, 0.717) is 0 Å². The molecular formula is C52H53ClO2Si4. The number of rotatable bonds is 10. The third-order valence-electron chi connectivity index (χ3n) is 10.5. The van der Waals surface area contributed by atoms with Crippen LogP contribution in [0, 0.1) is 0 Å². The molecule has 0 saturated carbocycles. The summed E-state index contributed by atoms with van der Waals surface area (Å²) in [5.41, 5.74) is 0. The SMILES string of the molecule is C[Si](C)(Cl)c1ccccc1.C[Si](C)(O[Si](c1ccccc1)(c1ccccc1)c1ccccc1)c1ccccc1.O[Si](c1ccccc1)(c1ccccc1)c1ccccc1. The Labute approximate surface area is 360 Å². The van der Waals surface area contributed by atoms with Crippen molar-refractivity contribution in [3.05, 3.63) is 243 Å². The van der Waals surface area contributed by atoms with E-state index in [0.717, 1.165) is 15.6 Å². The standard InChI is InChI=1S/C26H26OSi2.C18H16OSi.C8H11ClSi/c1-28(2,23-15-7-3-8-16-23)27-29(24-17-9-4-10-18-24,25-19-11-5-12-20-25)26-21-13-6-14-22-26;19-20(16-10-4-1-5-11-16,17-12-6-2-7-13-17)18-14-8-3-9-15-18;1-10(2,9)8-6-4-3-5-7-8/h3-22H,1-2H3;1-15,19H;3-7H,1-2H3. The summed E-state index contributed by atoms with van der Waals surface area (Å²) in [5.74, 6) is 0. The maximum absolute atomic E-state index is 11.6. The fourth-order valence-corrected chi connectivity index (χ4v) is 20.7. The molecule has 1 N–H and O–H groups in total. The number of hydrogen-bond donors (Lipinski definition) is 1. The number of hydrogen-bond acceptors (Lipinski definition) is 2. The maximum Gasteiger partial charge on any atom is 0.285 e. The number of halogens is 1. The van der Waals surface area contributed by atoms with Crippen LogP contribution in [-0.4, -0.2) is 37.1 Å². The van der Waals surface area contributed by atoms with E-state index in [2.05, 4.69) is 160 Å². The molecule has 0 atom stereocenters. The van der Waals surface area contributed by atoms with Gasteiger partial charge in [-0.2, -0.15) is 11.1 Å². The van der Waals surface area contributed by atoms with Gasteiger partial charge in [-0.25, -0.2) is 0 Å². The third-order valence-corrected chi connectivity index (χ3v) is 24.7. The Hall–Kier alpha value is -5.16. The minimum absolute atomic E-state index is 1.01. The van der Waals surface area contributed by atoms with Crippen LogP contribution in [0.25, 0.3) is 0 Å². The van der Waals surface area contributed by atoms with E-state index < -0.39 is 32.3 Å². The van der Waals surface area contributed by atoms with Gasteiger partial charge in [-0.1, -0.05) is 256 Å². The van der Waals surface area contributed by atoms with Crippen LogP contribution in [-0.2, 0) is 4.12 Å². The first-order valence-corrected chi connectivity index (χ1v) is 30.9. The third kappa shape index (κ3) is 10.7. The summed E-state index contributed by atoms with van der Waals surface area (Å²) in [6.45, 7) is 8.89. The zero-order valence-electron chi connectivity index (χ0n) is 34.3. The Morgan fingerprint density at radius 3 is 0.729 bits per heavy atom. The van der Waals surface area contributed by atoms with Gasteiger partial charge in [-0.15, -0.1) is 0 Å². The normalized spacial score (nSPS) is 11.6. The molecule has 8 aromatic carbocycles. The lowest BCUT2D eigenvalue weighted by Gasteiger charge is -2.40. The second kappa shape index (κ2) is 20.2. The molecule has 0 aliphatic heterocycles. The van der Waals surface area contributed by atoms with Crippen LogP contribution < -0.4 is 41.5 Å². The minimum Gasteiger partial charge on any atom is -0.442 e. The molecule has 0 saturated heterocycles. The van der Waals surface area contributed by atoms with Crippen molar-refractivity contribution in [2.45, 2.75) is 26.2 Å². The predicted molar refractivity (Wildman–Crippen MR) is 264 cm³/mol. The molecule has 8 aromatic rings. The van der Waals surface area contributed by atoms with Crippen LogP contribution in [0.3, 0.4) is 0 Å². The molecule has 0 radical (unpaired) electrons. The summed E-state index contributed by atoms with van der Waals surface area (Å²) >= 11 is 6.20. The maximum atomic E-state index is 11.6. The molecule has 0 aliphatic rings. The van der Waals surface area contributed by atoms with Crippen LogP contribution in [0.15, 0.2) is 243 Å². The van der Waals surface area contributed by atoms with Gasteiger partial charge in [0.2, 0.25) is 8.32 Å². The average Bonchev–Trinajstić information content (AvgIpc) is 3.30. The highest BCUT2D eigenvalue weighted by atomic mass is 35.6. The van der Waals surface area contributed by atoms with Crippen LogP contribution >= 0.6 is 11.1 Å². The summed E-state index contributed by atoms with van der Waals surface area (Å²) in [4.78, 5) is 11.6. The topological polar surface area (TPSA) is 29.5 Å². The highest BCUT2D eigenvalue weighted by Crippen LogP contribution is 2.17. The predicted octanol–water partition coefficient (Wildman–Crippen LogP) is 7.77. The summed E-state index contributed by atoms with van der Waals surface area (Å²) in [5, 5.41) is 9.51. The lowest BCUT2D eigenvalue weighted by molar-refractivity contribution is 0.583. The van der Waals surface area contributed by atoms with E-state index >= 15 is 0 Å². The molecule has 2 nitrogen and oxygen atoms in total. The van der Waals surface area contributed by atoms with Crippen molar-refractivity contribution in [1.82, 2.24) is 0 Å². The molecule has 0 heterocycles. The lowest BCUT2D eigenvalue weighted by atomic mass is 10.3. The highest BCUT2D eigenvalue weighted by molar-refractivity contribution is 7.26. The molecule has 7 heteroatoms. The minimum atomic E-state index is -2.88. The first-order valence-electron chi connectivity index (χ1n) is 20.1. The van der Waals surface area contributed by atoms with Gasteiger partial charge in [0, 0.05) is 0 Å². The highest BCUT2D eigenvalue weighted by Gasteiger charge is 2.46. The van der Waals surface area contributed by atoms with Crippen molar-refractivity contribution in [3.8, 4) is 0 Å². The monoisotopic (exact) mass is 856 g/mol. The largest absolute Gasteiger partial charge is 0.442 e. The van der Waals surface area contributed by atoms with Crippen LogP contribution in [0.4, 0.5) is 0 Å². The summed E-state index contributed by atoms with van der Waals surface area (Å²) in [7, 11) is -9.32. The molecule has 0 aliphatic carbocycles. The van der Waals surface area contributed by atoms with Gasteiger partial charge >= 0.3 is 0 Å². The molecule has 59 heavy (non-hydrogen) atoms.